The quantitative estimate of drug-likeness (QED) is 0.921. The van der Waals surface area contributed by atoms with Gasteiger partial charge in [-0.05, 0) is 38.4 Å². The molecular formula is C14H16FN3OS. The second-order valence-electron chi connectivity index (χ2n) is 4.70. The highest BCUT2D eigenvalue weighted by molar-refractivity contribution is 7.09. The number of thiazole rings is 1. The van der Waals surface area contributed by atoms with E-state index in [2.05, 4.69) is 10.3 Å². The Bertz CT molecular complexity index is 580. The number of nitrogens with zero attached hydrogens (tertiary/aromatic N) is 2. The van der Waals surface area contributed by atoms with Gasteiger partial charge in [-0.15, -0.1) is 11.3 Å². The van der Waals surface area contributed by atoms with E-state index in [-0.39, 0.29) is 18.1 Å². The van der Waals surface area contributed by atoms with Crippen molar-refractivity contribution in [1.82, 2.24) is 9.88 Å². The van der Waals surface area contributed by atoms with Gasteiger partial charge in [-0.2, -0.15) is 0 Å². The molecule has 6 heteroatoms. The molecule has 1 heterocycles. The van der Waals surface area contributed by atoms with Crippen LogP contribution in [0.5, 0.6) is 0 Å². The van der Waals surface area contributed by atoms with E-state index in [1.807, 2.05) is 24.4 Å². The summed E-state index contributed by atoms with van der Waals surface area (Å²) in [6.45, 7) is 0.768. The van der Waals surface area contributed by atoms with Crippen molar-refractivity contribution in [3.8, 4) is 0 Å². The Morgan fingerprint density at radius 2 is 2.05 bits per heavy atom. The zero-order valence-electron chi connectivity index (χ0n) is 11.4. The Morgan fingerprint density at radius 1 is 1.35 bits per heavy atom. The largest absolute Gasteiger partial charge is 0.326 e. The Labute approximate surface area is 121 Å². The van der Waals surface area contributed by atoms with E-state index >= 15 is 0 Å². The van der Waals surface area contributed by atoms with Crippen LogP contribution in [0, 0.1) is 5.82 Å². The van der Waals surface area contributed by atoms with Crippen LogP contribution in [0.25, 0.3) is 0 Å². The Hall–Kier alpha value is -1.79. The van der Waals surface area contributed by atoms with Crippen LogP contribution in [0.2, 0.25) is 0 Å². The molecule has 2 aromatic rings. The van der Waals surface area contributed by atoms with E-state index in [9.17, 15) is 9.18 Å². The van der Waals surface area contributed by atoms with E-state index in [1.54, 1.807) is 11.3 Å². The first-order valence-corrected chi connectivity index (χ1v) is 7.04. The fourth-order valence-corrected chi connectivity index (χ4v) is 2.59. The summed E-state index contributed by atoms with van der Waals surface area (Å²) in [5.41, 5.74) is 1.34. The minimum Gasteiger partial charge on any atom is -0.326 e. The summed E-state index contributed by atoms with van der Waals surface area (Å²) in [7, 11) is 3.95. The van der Waals surface area contributed by atoms with Gasteiger partial charge in [0.05, 0.1) is 12.1 Å². The van der Waals surface area contributed by atoms with E-state index in [1.165, 1.54) is 24.3 Å². The number of benzene rings is 1. The maximum atomic E-state index is 12.8. The average Bonchev–Trinajstić information content (AvgIpc) is 2.78. The maximum Gasteiger partial charge on any atom is 0.230 e. The predicted octanol–water partition coefficient (Wildman–Crippen LogP) is 2.53. The molecule has 0 spiro atoms. The summed E-state index contributed by atoms with van der Waals surface area (Å²) in [4.78, 5) is 18.3. The summed E-state index contributed by atoms with van der Waals surface area (Å²) in [5, 5.41) is 5.59. The third-order valence-electron chi connectivity index (χ3n) is 2.52. The molecule has 2 rings (SSSR count). The molecule has 0 unspecified atom stereocenters. The zero-order valence-corrected chi connectivity index (χ0v) is 12.2. The number of rotatable bonds is 5. The van der Waals surface area contributed by atoms with Crippen molar-refractivity contribution in [2.24, 2.45) is 0 Å². The topological polar surface area (TPSA) is 45.2 Å². The van der Waals surface area contributed by atoms with Crippen LogP contribution in [-0.4, -0.2) is 29.9 Å². The number of hydrogen-bond donors (Lipinski definition) is 1. The van der Waals surface area contributed by atoms with Gasteiger partial charge in [0.2, 0.25) is 5.91 Å². The second kappa shape index (κ2) is 6.58. The fraction of sp³-hybridized carbons (Fsp3) is 0.286. The van der Waals surface area contributed by atoms with Crippen LogP contribution in [-0.2, 0) is 17.8 Å². The average molecular weight is 293 g/mol. The van der Waals surface area contributed by atoms with Gasteiger partial charge in [0.1, 0.15) is 10.8 Å². The summed E-state index contributed by atoms with van der Waals surface area (Å²) in [6, 6.07) is 5.69. The van der Waals surface area contributed by atoms with Crippen molar-refractivity contribution in [3.63, 3.8) is 0 Å². The van der Waals surface area contributed by atoms with Gasteiger partial charge in [0.25, 0.3) is 0 Å². The number of aromatic nitrogens is 1. The Kier molecular flexibility index (Phi) is 4.81. The van der Waals surface area contributed by atoms with Crippen LogP contribution in [0.4, 0.5) is 10.1 Å². The number of hydrogen-bond acceptors (Lipinski definition) is 4. The molecule has 0 aliphatic rings. The van der Waals surface area contributed by atoms with Gasteiger partial charge in [-0.1, -0.05) is 0 Å². The number of amides is 1. The van der Waals surface area contributed by atoms with Crippen LogP contribution in [0.3, 0.4) is 0 Å². The number of anilines is 1. The van der Waals surface area contributed by atoms with Crippen LogP contribution >= 0.6 is 11.3 Å². The third kappa shape index (κ3) is 4.40. The molecule has 0 radical (unpaired) electrons. The van der Waals surface area contributed by atoms with Crippen molar-refractivity contribution in [1.29, 1.82) is 0 Å². The van der Waals surface area contributed by atoms with Gasteiger partial charge >= 0.3 is 0 Å². The molecule has 0 aliphatic heterocycles. The van der Waals surface area contributed by atoms with E-state index in [0.717, 1.165) is 17.2 Å². The molecule has 0 atom stereocenters. The summed E-state index contributed by atoms with van der Waals surface area (Å²) in [5.74, 6) is -0.478. The first-order chi connectivity index (χ1) is 9.52. The lowest BCUT2D eigenvalue weighted by Crippen LogP contribution is -2.15. The van der Waals surface area contributed by atoms with Gasteiger partial charge < -0.3 is 10.2 Å². The van der Waals surface area contributed by atoms with Gasteiger partial charge in [0.15, 0.2) is 0 Å². The molecule has 106 valence electrons. The lowest BCUT2D eigenvalue weighted by atomic mass is 10.3. The minimum absolute atomic E-state index is 0.154. The molecule has 1 N–H and O–H groups in total. The minimum atomic E-state index is -0.323. The smallest absolute Gasteiger partial charge is 0.230 e. The van der Waals surface area contributed by atoms with Crippen LogP contribution in [0.15, 0.2) is 29.6 Å². The molecule has 1 aromatic carbocycles. The van der Waals surface area contributed by atoms with Crippen molar-refractivity contribution in [2.45, 2.75) is 13.0 Å². The first kappa shape index (κ1) is 14.6. The number of carbonyl (C=O) groups excluding carboxylic acids is 1. The molecule has 0 saturated heterocycles. The standard InChI is InChI=1S/C14H16FN3OS/c1-18(2)8-14-17-12(9-20-14)7-13(19)16-11-5-3-10(15)4-6-11/h3-6,9H,7-8H2,1-2H3,(H,16,19). The molecule has 0 saturated carbocycles. The molecule has 0 bridgehead atoms. The summed E-state index contributed by atoms with van der Waals surface area (Å²) >= 11 is 1.55. The predicted molar refractivity (Wildman–Crippen MR) is 78.2 cm³/mol. The highest BCUT2D eigenvalue weighted by Gasteiger charge is 2.08. The molecule has 4 nitrogen and oxygen atoms in total. The number of carbonyl (C=O) groups is 1. The fourth-order valence-electron chi connectivity index (χ4n) is 1.68. The van der Waals surface area contributed by atoms with E-state index in [0.29, 0.717) is 5.69 Å². The van der Waals surface area contributed by atoms with Crippen molar-refractivity contribution in [2.75, 3.05) is 19.4 Å². The lowest BCUT2D eigenvalue weighted by molar-refractivity contribution is -0.115. The normalized spacial score (nSPS) is 10.8. The van der Waals surface area contributed by atoms with Gasteiger partial charge in [-0.25, -0.2) is 9.37 Å². The van der Waals surface area contributed by atoms with Crippen molar-refractivity contribution >= 4 is 22.9 Å². The lowest BCUT2D eigenvalue weighted by Gasteiger charge is -2.05. The van der Waals surface area contributed by atoms with Gasteiger partial charge in [0, 0.05) is 17.6 Å². The monoisotopic (exact) mass is 293 g/mol. The molecule has 1 aromatic heterocycles. The Balaban J connectivity index is 1.91. The first-order valence-electron chi connectivity index (χ1n) is 6.16. The summed E-state index contributed by atoms with van der Waals surface area (Å²) < 4.78 is 12.8. The van der Waals surface area contributed by atoms with Crippen LogP contribution in [0.1, 0.15) is 10.7 Å². The molecular weight excluding hydrogens is 277 g/mol. The van der Waals surface area contributed by atoms with Gasteiger partial charge in [-0.3, -0.25) is 4.79 Å². The highest BCUT2D eigenvalue weighted by Crippen LogP contribution is 2.13. The molecule has 1 amide bonds. The SMILES string of the molecule is CN(C)Cc1nc(CC(=O)Nc2ccc(F)cc2)cs1. The zero-order chi connectivity index (χ0) is 14.5. The number of halogens is 1. The highest BCUT2D eigenvalue weighted by atomic mass is 32.1. The summed E-state index contributed by atoms with van der Waals surface area (Å²) in [6.07, 6.45) is 0.224. The van der Waals surface area contributed by atoms with Crippen molar-refractivity contribution < 1.29 is 9.18 Å². The molecule has 0 fully saturated rings. The molecule has 0 aliphatic carbocycles. The van der Waals surface area contributed by atoms with Crippen molar-refractivity contribution in [3.05, 3.63) is 46.2 Å². The Morgan fingerprint density at radius 3 is 2.70 bits per heavy atom. The molecule has 20 heavy (non-hydrogen) atoms. The van der Waals surface area contributed by atoms with E-state index < -0.39 is 0 Å². The third-order valence-corrected chi connectivity index (χ3v) is 3.40. The maximum absolute atomic E-state index is 12.8. The van der Waals surface area contributed by atoms with E-state index in [4.69, 9.17) is 0 Å². The number of nitrogens with one attached hydrogen (secondary N) is 1. The van der Waals surface area contributed by atoms with Crippen LogP contribution < -0.4 is 5.32 Å². The second-order valence-corrected chi connectivity index (χ2v) is 5.64.